The molecule has 1 aliphatic heterocycles. The van der Waals surface area contributed by atoms with Crippen molar-refractivity contribution in [3.05, 3.63) is 35.1 Å². The molecule has 5 nitrogen and oxygen atoms in total. The monoisotopic (exact) mass is 294 g/mol. The van der Waals surface area contributed by atoms with Crippen LogP contribution in [0.5, 0.6) is 0 Å². The molecular weight excluding hydrogens is 271 g/mol. The Morgan fingerprint density at radius 2 is 2.14 bits per heavy atom. The first-order valence-electron chi connectivity index (χ1n) is 7.03. The fourth-order valence-electron chi connectivity index (χ4n) is 2.70. The SMILES string of the molecule is CN1CCN(Cc2ccc(F)cc2C(N)=NO)CC1(C)C. The number of hydrogen-bond donors (Lipinski definition) is 2. The van der Waals surface area contributed by atoms with Crippen LogP contribution in [0, 0.1) is 5.82 Å². The van der Waals surface area contributed by atoms with Crippen LogP contribution in [-0.2, 0) is 6.54 Å². The average Bonchev–Trinajstić information content (AvgIpc) is 2.43. The quantitative estimate of drug-likeness (QED) is 0.383. The van der Waals surface area contributed by atoms with E-state index in [1.165, 1.54) is 12.1 Å². The molecule has 1 aliphatic rings. The van der Waals surface area contributed by atoms with E-state index < -0.39 is 0 Å². The van der Waals surface area contributed by atoms with Gasteiger partial charge in [0.05, 0.1) is 0 Å². The molecular formula is C15H23FN4O. The molecule has 0 amide bonds. The van der Waals surface area contributed by atoms with Crippen LogP contribution in [0.3, 0.4) is 0 Å². The summed E-state index contributed by atoms with van der Waals surface area (Å²) in [4.78, 5) is 4.64. The van der Waals surface area contributed by atoms with Gasteiger partial charge in [-0.05, 0) is 38.6 Å². The minimum absolute atomic E-state index is 0.0575. The minimum Gasteiger partial charge on any atom is -0.409 e. The van der Waals surface area contributed by atoms with Crippen molar-refractivity contribution in [2.45, 2.75) is 25.9 Å². The van der Waals surface area contributed by atoms with Crippen molar-refractivity contribution in [1.82, 2.24) is 9.80 Å². The Morgan fingerprint density at radius 1 is 1.43 bits per heavy atom. The summed E-state index contributed by atoms with van der Waals surface area (Å²) in [5, 5.41) is 11.8. The standard InChI is InChI=1S/C15H23FN4O/c1-15(2)10-20(7-6-19(15)3)9-11-4-5-12(16)8-13(11)14(17)18-21/h4-5,8,21H,6-7,9-10H2,1-3H3,(H2,17,18). The van der Waals surface area contributed by atoms with E-state index in [-0.39, 0.29) is 17.2 Å². The van der Waals surface area contributed by atoms with Gasteiger partial charge in [0, 0.05) is 37.3 Å². The molecule has 1 heterocycles. The fraction of sp³-hybridized carbons (Fsp3) is 0.533. The first-order valence-corrected chi connectivity index (χ1v) is 7.03. The second kappa shape index (κ2) is 5.99. The number of amidine groups is 1. The topological polar surface area (TPSA) is 65.1 Å². The number of oxime groups is 1. The van der Waals surface area contributed by atoms with Gasteiger partial charge >= 0.3 is 0 Å². The smallest absolute Gasteiger partial charge is 0.170 e. The van der Waals surface area contributed by atoms with Gasteiger partial charge in [0.2, 0.25) is 0 Å². The summed E-state index contributed by atoms with van der Waals surface area (Å²) < 4.78 is 13.4. The van der Waals surface area contributed by atoms with Gasteiger partial charge in [0.1, 0.15) is 5.82 Å². The highest BCUT2D eigenvalue weighted by molar-refractivity contribution is 5.98. The first kappa shape index (κ1) is 15.7. The maximum Gasteiger partial charge on any atom is 0.170 e. The molecule has 1 fully saturated rings. The predicted molar refractivity (Wildman–Crippen MR) is 80.9 cm³/mol. The van der Waals surface area contributed by atoms with Crippen LogP contribution in [-0.4, -0.2) is 53.1 Å². The third-order valence-electron chi connectivity index (χ3n) is 4.25. The molecule has 0 spiro atoms. The lowest BCUT2D eigenvalue weighted by Crippen LogP contribution is -2.57. The number of benzene rings is 1. The lowest BCUT2D eigenvalue weighted by molar-refractivity contribution is 0.0360. The maximum atomic E-state index is 13.4. The molecule has 1 saturated heterocycles. The van der Waals surface area contributed by atoms with Crippen LogP contribution in [0.25, 0.3) is 0 Å². The minimum atomic E-state index is -0.390. The number of rotatable bonds is 3. The number of halogens is 1. The molecule has 0 aliphatic carbocycles. The third kappa shape index (κ3) is 3.51. The molecule has 2 rings (SSSR count). The summed E-state index contributed by atoms with van der Waals surface area (Å²) in [6.07, 6.45) is 0. The van der Waals surface area contributed by atoms with E-state index >= 15 is 0 Å². The van der Waals surface area contributed by atoms with Gasteiger partial charge in [0.15, 0.2) is 5.84 Å². The van der Waals surface area contributed by atoms with E-state index in [9.17, 15) is 4.39 Å². The largest absolute Gasteiger partial charge is 0.409 e. The van der Waals surface area contributed by atoms with Crippen molar-refractivity contribution in [1.29, 1.82) is 0 Å². The maximum absolute atomic E-state index is 13.4. The molecule has 0 saturated carbocycles. The Bertz CT molecular complexity index is 544. The van der Waals surface area contributed by atoms with Crippen LogP contribution in [0.1, 0.15) is 25.0 Å². The third-order valence-corrected chi connectivity index (χ3v) is 4.25. The molecule has 0 bridgehead atoms. The second-order valence-corrected chi connectivity index (χ2v) is 6.23. The number of piperazine rings is 1. The lowest BCUT2D eigenvalue weighted by Gasteiger charge is -2.45. The highest BCUT2D eigenvalue weighted by Crippen LogP contribution is 2.22. The number of nitrogens with two attached hydrogens (primary N) is 1. The first-order chi connectivity index (χ1) is 9.83. The lowest BCUT2D eigenvalue weighted by atomic mass is 9.98. The van der Waals surface area contributed by atoms with Gasteiger partial charge in [-0.15, -0.1) is 0 Å². The fourth-order valence-corrected chi connectivity index (χ4v) is 2.70. The Balaban J connectivity index is 2.20. The molecule has 0 aromatic heterocycles. The zero-order valence-electron chi connectivity index (χ0n) is 12.8. The number of hydrogen-bond acceptors (Lipinski definition) is 4. The van der Waals surface area contributed by atoms with Gasteiger partial charge in [-0.2, -0.15) is 0 Å². The van der Waals surface area contributed by atoms with E-state index in [4.69, 9.17) is 10.9 Å². The van der Waals surface area contributed by atoms with Crippen molar-refractivity contribution < 1.29 is 9.60 Å². The Labute approximate surface area is 124 Å². The van der Waals surface area contributed by atoms with E-state index in [0.717, 1.165) is 25.2 Å². The number of likely N-dealkylation sites (N-methyl/N-ethyl adjacent to an activating group) is 1. The van der Waals surface area contributed by atoms with Crippen LogP contribution >= 0.6 is 0 Å². The average molecular weight is 294 g/mol. The van der Waals surface area contributed by atoms with Crippen molar-refractivity contribution in [3.63, 3.8) is 0 Å². The Kier molecular flexibility index (Phi) is 4.49. The summed E-state index contributed by atoms with van der Waals surface area (Å²) in [7, 11) is 2.12. The van der Waals surface area contributed by atoms with Gasteiger partial charge in [-0.3, -0.25) is 9.80 Å². The van der Waals surface area contributed by atoms with Gasteiger partial charge in [0.25, 0.3) is 0 Å². The van der Waals surface area contributed by atoms with Gasteiger partial charge < -0.3 is 10.9 Å². The summed E-state index contributed by atoms with van der Waals surface area (Å²) in [5.41, 5.74) is 7.06. The van der Waals surface area contributed by atoms with E-state index in [0.29, 0.717) is 12.1 Å². The van der Waals surface area contributed by atoms with E-state index in [2.05, 4.69) is 35.9 Å². The van der Waals surface area contributed by atoms with Crippen molar-refractivity contribution in [2.24, 2.45) is 10.9 Å². The number of nitrogens with zero attached hydrogens (tertiary/aromatic N) is 3. The molecule has 0 atom stereocenters. The summed E-state index contributed by atoms with van der Waals surface area (Å²) in [6, 6.07) is 4.42. The van der Waals surface area contributed by atoms with E-state index in [1.807, 2.05) is 0 Å². The zero-order chi connectivity index (χ0) is 15.6. The zero-order valence-corrected chi connectivity index (χ0v) is 12.8. The van der Waals surface area contributed by atoms with Crippen molar-refractivity contribution in [3.8, 4) is 0 Å². The van der Waals surface area contributed by atoms with Crippen LogP contribution < -0.4 is 5.73 Å². The summed E-state index contributed by atoms with van der Waals surface area (Å²) >= 11 is 0. The van der Waals surface area contributed by atoms with Gasteiger partial charge in [-0.1, -0.05) is 11.2 Å². The summed E-state index contributed by atoms with van der Waals surface area (Å²) in [5.74, 6) is -0.447. The van der Waals surface area contributed by atoms with Crippen LogP contribution in [0.15, 0.2) is 23.4 Å². The highest BCUT2D eigenvalue weighted by atomic mass is 19.1. The Hall–Kier alpha value is -1.66. The Morgan fingerprint density at radius 3 is 2.76 bits per heavy atom. The molecule has 1 aromatic rings. The van der Waals surface area contributed by atoms with Gasteiger partial charge in [-0.25, -0.2) is 4.39 Å². The molecule has 21 heavy (non-hydrogen) atoms. The molecule has 1 aromatic carbocycles. The molecule has 116 valence electrons. The second-order valence-electron chi connectivity index (χ2n) is 6.23. The normalized spacial score (nSPS) is 20.7. The predicted octanol–water partition coefficient (Wildman–Crippen LogP) is 1.45. The molecule has 0 radical (unpaired) electrons. The summed E-state index contributed by atoms with van der Waals surface area (Å²) in [6.45, 7) is 7.89. The van der Waals surface area contributed by atoms with Crippen LogP contribution in [0.2, 0.25) is 0 Å². The van der Waals surface area contributed by atoms with Crippen molar-refractivity contribution in [2.75, 3.05) is 26.7 Å². The highest BCUT2D eigenvalue weighted by Gasteiger charge is 2.31. The molecule has 6 heteroatoms. The van der Waals surface area contributed by atoms with E-state index in [1.54, 1.807) is 6.07 Å². The molecule has 3 N–H and O–H groups in total. The van der Waals surface area contributed by atoms with Crippen molar-refractivity contribution >= 4 is 5.84 Å². The van der Waals surface area contributed by atoms with Crippen LogP contribution in [0.4, 0.5) is 4.39 Å². The molecule has 0 unspecified atom stereocenters.